The zero-order valence-electron chi connectivity index (χ0n) is 75.0. The predicted molar refractivity (Wildman–Crippen MR) is 507 cm³/mol. The van der Waals surface area contributed by atoms with Gasteiger partial charge in [0.15, 0.2) is 0 Å². The van der Waals surface area contributed by atoms with E-state index < -0.39 is 0 Å². The Hall–Kier alpha value is -9.62. The monoisotopic (exact) mass is 1860 g/mol. The van der Waals surface area contributed by atoms with Crippen molar-refractivity contribution in [1.29, 1.82) is 0 Å². The Labute approximate surface area is 780 Å². The van der Waals surface area contributed by atoms with Crippen LogP contribution < -0.4 is 22.9 Å². The van der Waals surface area contributed by atoms with Crippen LogP contribution in [0.5, 0.6) is 0 Å². The van der Waals surface area contributed by atoms with Crippen molar-refractivity contribution >= 4 is 99.2 Å². The van der Waals surface area contributed by atoms with Gasteiger partial charge < -0.3 is 84.5 Å². The molecule has 8 fully saturated rings. The number of amidine groups is 8. The number of oxazole rings is 2. The quantitative estimate of drug-likeness (QED) is 0.0620. The Bertz CT molecular complexity index is 5120. The summed E-state index contributed by atoms with van der Waals surface area (Å²) in [4.78, 5) is 46.4. The Morgan fingerprint density at radius 1 is 0.438 bits per heavy atom. The summed E-state index contributed by atoms with van der Waals surface area (Å²) >= 11 is 24.4. The molecule has 0 unspecified atom stereocenters. The summed E-state index contributed by atoms with van der Waals surface area (Å²) in [6, 6.07) is 35.6. The molecule has 0 aliphatic carbocycles. The molecule has 3 aromatic heterocycles. The lowest BCUT2D eigenvalue weighted by Gasteiger charge is -2.47. The molecule has 0 radical (unpaired) electrons. The Morgan fingerprint density at radius 3 is 1.08 bits per heavy atom. The van der Waals surface area contributed by atoms with Crippen LogP contribution in [0, 0.1) is 20.8 Å². The molecule has 8 atom stereocenters. The van der Waals surface area contributed by atoms with E-state index in [1.165, 1.54) is 27.2 Å². The largest absolute Gasteiger partial charge is 0.447 e. The summed E-state index contributed by atoms with van der Waals surface area (Å²) in [6.45, 7) is 20.5. The number of carbonyl (C=O) groups excluding carboxylic acids is 1. The third kappa shape index (κ3) is 25.0. The molecule has 12 aliphatic rings. The smallest absolute Gasteiger partial charge is 0.409 e. The molecule has 7 aromatic rings. The van der Waals surface area contributed by atoms with Crippen molar-refractivity contribution in [3.63, 3.8) is 0 Å². The molecule has 8 N–H and O–H groups in total. The number of aromatic nitrogens is 4. The van der Waals surface area contributed by atoms with Gasteiger partial charge in [0.1, 0.15) is 83.6 Å². The molecule has 8 saturated heterocycles. The number of halogens is 4. The molecule has 19 rings (SSSR count). The number of hydrogen-bond donors (Lipinski definition) is 4. The van der Waals surface area contributed by atoms with Gasteiger partial charge in [-0.2, -0.15) is 0 Å². The fourth-order valence-electron chi connectivity index (χ4n) is 19.6. The van der Waals surface area contributed by atoms with Gasteiger partial charge in [-0.05, 0) is 169 Å². The minimum atomic E-state index is -0.347. The van der Waals surface area contributed by atoms with Crippen molar-refractivity contribution in [2.45, 2.75) is 203 Å². The normalized spacial score (nSPS) is 24.8. The zero-order chi connectivity index (χ0) is 90.3. The number of rotatable bonds is 18. The van der Waals surface area contributed by atoms with Crippen LogP contribution in [0.2, 0.25) is 20.1 Å². The van der Waals surface area contributed by atoms with E-state index >= 15 is 0 Å². The van der Waals surface area contributed by atoms with E-state index in [1.807, 2.05) is 88.0 Å². The second-order valence-electron chi connectivity index (χ2n) is 36.0. The van der Waals surface area contributed by atoms with Gasteiger partial charge in [0, 0.05) is 173 Å². The number of nitrogens with zero attached hydrogens (tertiary/aromatic N) is 21. The number of ether oxygens (including phenoxy) is 5. The molecule has 12 aliphatic heterocycles. The van der Waals surface area contributed by atoms with Gasteiger partial charge in [0.05, 0.1) is 82.5 Å². The number of amides is 1. The van der Waals surface area contributed by atoms with Crippen LogP contribution in [0.25, 0.3) is 0 Å². The number of hydrogen-bond acceptors (Lipinski definition) is 31. The van der Waals surface area contributed by atoms with E-state index in [9.17, 15) is 4.79 Å². The van der Waals surface area contributed by atoms with Crippen molar-refractivity contribution in [2.75, 3.05) is 126 Å². The molecule has 696 valence electrons. The van der Waals surface area contributed by atoms with E-state index in [1.54, 1.807) is 20.4 Å². The molecule has 0 saturated carbocycles. The van der Waals surface area contributed by atoms with Crippen LogP contribution in [0.15, 0.2) is 172 Å². The highest BCUT2D eigenvalue weighted by Crippen LogP contribution is 2.37. The molecular formula is C93H123Cl4N25O8. The zero-order valence-corrected chi connectivity index (χ0v) is 78.0. The van der Waals surface area contributed by atoms with E-state index in [2.05, 4.69) is 148 Å². The maximum absolute atomic E-state index is 11.9. The first-order valence-electron chi connectivity index (χ1n) is 45.7. The highest BCUT2D eigenvalue weighted by atomic mass is 35.5. The minimum absolute atomic E-state index is 0.138. The third-order valence-corrected chi connectivity index (χ3v) is 27.7. The molecule has 4 aromatic carbocycles. The number of aryl methyl sites for hydroxylation is 3. The summed E-state index contributed by atoms with van der Waals surface area (Å²) < 4.78 is 44.1. The van der Waals surface area contributed by atoms with Crippen LogP contribution in [0.3, 0.4) is 0 Å². The van der Waals surface area contributed by atoms with Crippen LogP contribution >= 0.6 is 46.4 Å². The maximum atomic E-state index is 11.9. The predicted octanol–water partition coefficient (Wildman–Crippen LogP) is 11.2. The number of morpholine rings is 4. The maximum Gasteiger partial charge on any atom is 0.409 e. The van der Waals surface area contributed by atoms with Crippen molar-refractivity contribution in [3.8, 4) is 0 Å². The number of piperidine rings is 4. The standard InChI is InChI=1S/C24H31ClN6O2.C23H30ClN7O.C23H33ClN6O3.C23H29ClN6O2/c1-15-16(2)33-24(27-15)21-13-31(20(14-32-21)11-17-3-5-18(25)6-4-17)19-7-9-30(10-8-19)23-12-22(26)28-29-23;24-18-3-1-17(2-4-18)11-20-15-32-21(13-29-10-7-26-16-29)14-31(20)19-5-8-30(9-6-19)23-12-22(25)27-28-23;1-28(2)23(31)33-15-20-13-30(19(14-32-20)11-16-3-5-17(24)6-4-16)18-7-9-29(10-8-18)22-12-21(25)26-27-22;1-15-13-32-23(26-15)20-12-30(19(14-31-20)10-16-2-4-17(24)5-3-16)18-6-8-29(9-7-18)22-11-21(25)27-28-22/h3-6,19-21H,7-14H2,1-2H3,(H2,26,28);1-4,7,10,16,19-21H,5-6,8-9,11-15H2,(H2,25,27);3-6,18-20H,7-15H2,1-2H3,(H2,25,26);2-5,13,18-20H,6-12,14H2,1H3,(H2,25,27)/t20-,21+;20-,21-;2*19-,20+/m0000/s1. The van der Waals surface area contributed by atoms with E-state index in [-0.39, 0.29) is 43.2 Å². The fourth-order valence-corrected chi connectivity index (χ4v) is 20.1. The fraction of sp³-hybridized carbons (Fsp3) is 0.548. The molecule has 1 amide bonds. The highest BCUT2D eigenvalue weighted by molar-refractivity contribution is 6.31. The average Bonchev–Trinajstić information content (AvgIpc) is 1.42. The van der Waals surface area contributed by atoms with Crippen LogP contribution in [-0.4, -0.2) is 303 Å². The lowest BCUT2D eigenvalue weighted by Crippen LogP contribution is -2.58. The second kappa shape index (κ2) is 44.3. The highest BCUT2D eigenvalue weighted by Gasteiger charge is 2.43. The van der Waals surface area contributed by atoms with Crippen molar-refractivity contribution in [3.05, 3.63) is 193 Å². The van der Waals surface area contributed by atoms with Gasteiger partial charge in [0.2, 0.25) is 11.8 Å². The van der Waals surface area contributed by atoms with Crippen molar-refractivity contribution < 1.29 is 37.3 Å². The Morgan fingerprint density at radius 2 is 0.777 bits per heavy atom. The van der Waals surface area contributed by atoms with Gasteiger partial charge in [0.25, 0.3) is 0 Å². The first-order valence-corrected chi connectivity index (χ1v) is 47.2. The second-order valence-corrected chi connectivity index (χ2v) is 37.8. The molecular weight excluding hydrogens is 1740 g/mol. The molecule has 33 nitrogen and oxygen atoms in total. The number of benzene rings is 4. The summed E-state index contributed by atoms with van der Waals surface area (Å²) in [6.07, 6.45) is 21.6. The van der Waals surface area contributed by atoms with Gasteiger partial charge in [-0.1, -0.05) is 94.9 Å². The summed E-state index contributed by atoms with van der Waals surface area (Å²) in [5.74, 6) is 8.58. The first kappa shape index (κ1) is 93.6. The van der Waals surface area contributed by atoms with E-state index in [0.29, 0.717) is 123 Å². The summed E-state index contributed by atoms with van der Waals surface area (Å²) in [5, 5.41) is 36.0. The lowest BCUT2D eigenvalue weighted by atomic mass is 9.96. The van der Waals surface area contributed by atoms with Gasteiger partial charge >= 0.3 is 6.09 Å². The van der Waals surface area contributed by atoms with Gasteiger partial charge in [-0.25, -0.2) is 19.7 Å². The van der Waals surface area contributed by atoms with E-state index in [0.717, 1.165) is 229 Å². The van der Waals surface area contributed by atoms with Crippen LogP contribution in [0.4, 0.5) is 4.79 Å². The van der Waals surface area contributed by atoms with Crippen molar-refractivity contribution in [1.82, 2.24) is 63.6 Å². The van der Waals surface area contributed by atoms with Crippen LogP contribution in [-0.2, 0) is 55.9 Å². The van der Waals surface area contributed by atoms with Gasteiger partial charge in [-0.3, -0.25) is 19.6 Å². The lowest BCUT2D eigenvalue weighted by molar-refractivity contribution is -0.102. The minimum Gasteiger partial charge on any atom is -0.447 e. The first-order chi connectivity index (χ1) is 63.0. The molecule has 0 bridgehead atoms. The summed E-state index contributed by atoms with van der Waals surface area (Å²) in [7, 11) is 3.36. The SMILES string of the molecule is CN(C)C(=O)OC[C@H]1CN(C2CCN(C3=NN=C(N)C3)CC2)[C@@H](Cc2ccc(Cl)cc2)CO1.Cc1coc([C@H]2CN(C3CCN(C4=NN=C(N)C4)CC3)[C@@H](Cc3ccc(Cl)cc3)CO2)n1.Cc1nc([C@H]2CN(C3CCN(C4=NN=C(N)C4)CC3)[C@@H](Cc3ccc(Cl)cc3)CO2)oc1C.NC1=NN=C(N2CCC(N3C[C@H](Cn4ccnc4)OC[C@@H]3Cc3ccc(Cl)cc3)CC2)C1. The number of nitrogens with two attached hydrogens (primary N) is 4. The molecule has 15 heterocycles. The topological polar surface area (TPSA) is 365 Å². The van der Waals surface area contributed by atoms with Crippen LogP contribution in [0.1, 0.15) is 140 Å². The Kier molecular flexibility index (Phi) is 31.9. The van der Waals surface area contributed by atoms with Gasteiger partial charge in [-0.15, -0.1) is 40.8 Å². The van der Waals surface area contributed by atoms with E-state index in [4.69, 9.17) is 102 Å². The molecule has 130 heavy (non-hydrogen) atoms. The Balaban J connectivity index is 0.000000127. The number of likely N-dealkylation sites (tertiary alicyclic amines) is 4. The third-order valence-electron chi connectivity index (χ3n) is 26.7. The molecule has 0 spiro atoms. The number of imidazole rings is 1. The number of carbonyl (C=O) groups is 1. The summed E-state index contributed by atoms with van der Waals surface area (Å²) in [5.41, 5.74) is 30.1. The van der Waals surface area contributed by atoms with Crippen molar-refractivity contribution in [2.24, 2.45) is 63.7 Å². The average molecular weight is 1860 g/mol. The molecule has 37 heteroatoms.